The molecule has 2 unspecified atom stereocenters. The Balaban J connectivity index is 0.00000144. The highest BCUT2D eigenvalue weighted by atomic mass is 35.5. The van der Waals surface area contributed by atoms with E-state index in [1.165, 1.54) is 24.8 Å². The number of hydrogen-bond acceptors (Lipinski definition) is 2. The maximum absolute atomic E-state index is 6.08. The molecule has 0 aliphatic heterocycles. The smallest absolute Gasteiger partial charge is 0.0406 e. The molecule has 4 heteroatoms. The molecule has 1 aromatic rings. The van der Waals surface area contributed by atoms with Crippen molar-refractivity contribution in [1.29, 1.82) is 0 Å². The molecule has 96 valence electrons. The van der Waals surface area contributed by atoms with E-state index in [-0.39, 0.29) is 12.4 Å². The van der Waals surface area contributed by atoms with Crippen LogP contribution in [-0.2, 0) is 6.54 Å². The third kappa shape index (κ3) is 4.47. The van der Waals surface area contributed by atoms with Gasteiger partial charge in [-0.05, 0) is 30.5 Å². The predicted molar refractivity (Wildman–Crippen MR) is 75.8 cm³/mol. The normalized spacial score (nSPS) is 24.1. The Hall–Kier alpha value is -0.280. The molecule has 2 rings (SSSR count). The highest BCUT2D eigenvalue weighted by Gasteiger charge is 2.20. The monoisotopic (exact) mass is 274 g/mol. The fourth-order valence-electron chi connectivity index (χ4n) is 2.26. The van der Waals surface area contributed by atoms with Crippen LogP contribution in [0.25, 0.3) is 0 Å². The molecule has 1 saturated carbocycles. The summed E-state index contributed by atoms with van der Waals surface area (Å²) in [6.07, 6.45) is 4.93. The van der Waals surface area contributed by atoms with Crippen LogP contribution < -0.4 is 11.1 Å². The van der Waals surface area contributed by atoms with E-state index in [0.29, 0.717) is 12.1 Å². The zero-order valence-electron chi connectivity index (χ0n) is 9.86. The van der Waals surface area contributed by atoms with E-state index >= 15 is 0 Å². The van der Waals surface area contributed by atoms with Gasteiger partial charge in [0.15, 0.2) is 0 Å². The molecule has 2 nitrogen and oxygen atoms in total. The van der Waals surface area contributed by atoms with Crippen molar-refractivity contribution in [3.05, 3.63) is 34.9 Å². The molecule has 1 aliphatic carbocycles. The summed E-state index contributed by atoms with van der Waals surface area (Å²) in [5.74, 6) is 0. The molecule has 0 amide bonds. The molecular weight excluding hydrogens is 255 g/mol. The third-order valence-corrected chi connectivity index (χ3v) is 3.55. The van der Waals surface area contributed by atoms with Crippen LogP contribution in [-0.4, -0.2) is 12.1 Å². The lowest BCUT2D eigenvalue weighted by Gasteiger charge is -2.29. The summed E-state index contributed by atoms with van der Waals surface area (Å²) in [4.78, 5) is 0. The van der Waals surface area contributed by atoms with Gasteiger partial charge in [0.25, 0.3) is 0 Å². The van der Waals surface area contributed by atoms with Gasteiger partial charge >= 0.3 is 0 Å². The minimum atomic E-state index is 0. The summed E-state index contributed by atoms with van der Waals surface area (Å²) in [6.45, 7) is 0.884. The van der Waals surface area contributed by atoms with Gasteiger partial charge in [-0.1, -0.05) is 36.6 Å². The van der Waals surface area contributed by atoms with Gasteiger partial charge in [0.1, 0.15) is 0 Å². The van der Waals surface area contributed by atoms with Gasteiger partial charge in [-0.3, -0.25) is 0 Å². The van der Waals surface area contributed by atoms with Crippen LogP contribution in [0, 0.1) is 0 Å². The summed E-state index contributed by atoms with van der Waals surface area (Å²) in [5.41, 5.74) is 7.35. The Kier molecular flexibility index (Phi) is 6.28. The van der Waals surface area contributed by atoms with Gasteiger partial charge in [0.2, 0.25) is 0 Å². The number of nitrogens with one attached hydrogen (secondary N) is 1. The Morgan fingerprint density at radius 3 is 2.47 bits per heavy atom. The average molecular weight is 275 g/mol. The average Bonchev–Trinajstić information content (AvgIpc) is 2.30. The zero-order chi connectivity index (χ0) is 11.4. The Labute approximate surface area is 114 Å². The second-order valence-corrected chi connectivity index (χ2v) is 5.00. The van der Waals surface area contributed by atoms with Crippen molar-refractivity contribution >= 4 is 24.0 Å². The van der Waals surface area contributed by atoms with Gasteiger partial charge in [-0.2, -0.15) is 0 Å². The van der Waals surface area contributed by atoms with Crippen molar-refractivity contribution in [3.63, 3.8) is 0 Å². The molecule has 0 radical (unpaired) electrons. The fraction of sp³-hybridized carbons (Fsp3) is 0.538. The third-order valence-electron chi connectivity index (χ3n) is 3.30. The van der Waals surface area contributed by atoms with Crippen molar-refractivity contribution < 1.29 is 0 Å². The summed E-state index contributed by atoms with van der Waals surface area (Å²) in [6, 6.07) is 8.78. The second-order valence-electron chi connectivity index (χ2n) is 4.56. The molecular formula is C13H20Cl2N2. The number of nitrogens with two attached hydrogens (primary N) is 1. The first-order chi connectivity index (χ1) is 7.75. The van der Waals surface area contributed by atoms with E-state index < -0.39 is 0 Å². The van der Waals surface area contributed by atoms with Crippen molar-refractivity contribution in [1.82, 2.24) is 5.32 Å². The van der Waals surface area contributed by atoms with Crippen LogP contribution in [0.4, 0.5) is 0 Å². The maximum atomic E-state index is 6.08. The number of halogens is 2. The van der Waals surface area contributed by atoms with Crippen molar-refractivity contribution in [2.45, 2.75) is 44.3 Å². The number of benzene rings is 1. The molecule has 17 heavy (non-hydrogen) atoms. The van der Waals surface area contributed by atoms with Crippen molar-refractivity contribution in [2.75, 3.05) is 0 Å². The van der Waals surface area contributed by atoms with Gasteiger partial charge < -0.3 is 11.1 Å². The van der Waals surface area contributed by atoms with Crippen LogP contribution in [0.1, 0.15) is 31.2 Å². The Bertz CT molecular complexity index is 327. The summed E-state index contributed by atoms with van der Waals surface area (Å²) in [7, 11) is 0. The molecule has 0 bridgehead atoms. The van der Waals surface area contributed by atoms with E-state index in [0.717, 1.165) is 18.0 Å². The predicted octanol–water partition coefficient (Wildman–Crippen LogP) is 3.12. The molecule has 3 N–H and O–H groups in total. The van der Waals surface area contributed by atoms with E-state index in [2.05, 4.69) is 17.4 Å². The largest absolute Gasteiger partial charge is 0.326 e. The standard InChI is InChI=1S/C13H19ClN2.ClH/c14-11-7-5-10(6-8-11)9-16-13-4-2-1-3-12(13)15;/h5-8,12-13,16H,1-4,9,15H2;1H. The lowest BCUT2D eigenvalue weighted by Crippen LogP contribution is -2.46. The Morgan fingerprint density at radius 1 is 1.18 bits per heavy atom. The molecule has 0 saturated heterocycles. The van der Waals surface area contributed by atoms with Gasteiger partial charge in [-0.25, -0.2) is 0 Å². The van der Waals surface area contributed by atoms with Crippen molar-refractivity contribution in [2.24, 2.45) is 5.73 Å². The minimum absolute atomic E-state index is 0. The second kappa shape index (κ2) is 7.22. The topological polar surface area (TPSA) is 38.0 Å². The molecule has 2 atom stereocenters. The minimum Gasteiger partial charge on any atom is -0.326 e. The SMILES string of the molecule is Cl.NC1CCCCC1NCc1ccc(Cl)cc1. The summed E-state index contributed by atoms with van der Waals surface area (Å²) >= 11 is 5.84. The fourth-order valence-corrected chi connectivity index (χ4v) is 2.39. The van der Waals surface area contributed by atoms with Crippen LogP contribution in [0.15, 0.2) is 24.3 Å². The van der Waals surface area contributed by atoms with E-state index in [1.807, 2.05) is 12.1 Å². The maximum Gasteiger partial charge on any atom is 0.0406 e. The molecule has 0 spiro atoms. The highest BCUT2D eigenvalue weighted by Crippen LogP contribution is 2.17. The summed E-state index contributed by atoms with van der Waals surface area (Å²) < 4.78 is 0. The Morgan fingerprint density at radius 2 is 1.82 bits per heavy atom. The molecule has 1 aliphatic rings. The van der Waals surface area contributed by atoms with Crippen LogP contribution in [0.2, 0.25) is 5.02 Å². The molecule has 1 fully saturated rings. The first-order valence-corrected chi connectivity index (χ1v) is 6.37. The molecule has 0 aromatic heterocycles. The van der Waals surface area contributed by atoms with Gasteiger partial charge in [-0.15, -0.1) is 12.4 Å². The van der Waals surface area contributed by atoms with Gasteiger partial charge in [0, 0.05) is 23.7 Å². The first-order valence-electron chi connectivity index (χ1n) is 5.99. The van der Waals surface area contributed by atoms with E-state index in [4.69, 9.17) is 17.3 Å². The molecule has 1 aromatic carbocycles. The molecule has 0 heterocycles. The quantitative estimate of drug-likeness (QED) is 0.889. The van der Waals surface area contributed by atoms with Gasteiger partial charge in [0.05, 0.1) is 0 Å². The van der Waals surface area contributed by atoms with Crippen LogP contribution in [0.3, 0.4) is 0 Å². The highest BCUT2D eigenvalue weighted by molar-refractivity contribution is 6.30. The number of hydrogen-bond donors (Lipinski definition) is 2. The summed E-state index contributed by atoms with van der Waals surface area (Å²) in [5, 5.41) is 4.33. The number of rotatable bonds is 3. The van der Waals surface area contributed by atoms with Crippen molar-refractivity contribution in [3.8, 4) is 0 Å². The van der Waals surface area contributed by atoms with E-state index in [1.54, 1.807) is 0 Å². The lowest BCUT2D eigenvalue weighted by molar-refractivity contribution is 0.326. The van der Waals surface area contributed by atoms with Crippen LogP contribution >= 0.6 is 24.0 Å². The zero-order valence-corrected chi connectivity index (χ0v) is 11.4. The van der Waals surface area contributed by atoms with E-state index in [9.17, 15) is 0 Å². The first kappa shape index (κ1) is 14.8. The lowest BCUT2D eigenvalue weighted by atomic mass is 9.91. The van der Waals surface area contributed by atoms with Crippen LogP contribution in [0.5, 0.6) is 0 Å².